The lowest BCUT2D eigenvalue weighted by Crippen LogP contribution is -2.35. The molecule has 2 aromatic carbocycles. The number of ether oxygens (including phenoxy) is 4. The Kier molecular flexibility index (Phi) is 3.54. The Hall–Kier alpha value is -2.30. The second kappa shape index (κ2) is 5.83. The van der Waals surface area contributed by atoms with Crippen LogP contribution in [0.4, 0.5) is 0 Å². The van der Waals surface area contributed by atoms with Crippen LogP contribution < -0.4 is 0 Å². The number of hydrogen-bond acceptors (Lipinski definition) is 4. The van der Waals surface area contributed by atoms with Gasteiger partial charge in [-0.15, -0.1) is 0 Å². The van der Waals surface area contributed by atoms with Crippen LogP contribution in [-0.2, 0) is 18.9 Å². The number of hydrogen-bond donors (Lipinski definition) is 0. The average molecular weight is 296 g/mol. The molecule has 0 aromatic heterocycles. The maximum atomic E-state index is 5.92. The molecule has 1 fully saturated rings. The van der Waals surface area contributed by atoms with E-state index >= 15 is 0 Å². The summed E-state index contributed by atoms with van der Waals surface area (Å²) in [5.41, 5.74) is 1.95. The molecule has 3 unspecified atom stereocenters. The van der Waals surface area contributed by atoms with Crippen LogP contribution in [0.25, 0.3) is 0 Å². The van der Waals surface area contributed by atoms with Gasteiger partial charge in [0.25, 0.3) is 0 Å². The van der Waals surface area contributed by atoms with E-state index in [9.17, 15) is 0 Å². The number of fused-ring (bicyclic) bond motifs is 1. The van der Waals surface area contributed by atoms with Crippen molar-refractivity contribution in [1.29, 1.82) is 0 Å². The van der Waals surface area contributed by atoms with E-state index in [1.54, 1.807) is 6.26 Å². The normalized spacial score (nSPS) is 27.1. The molecular formula is C18H16O4. The van der Waals surface area contributed by atoms with Gasteiger partial charge in [-0.05, 0) is 0 Å². The van der Waals surface area contributed by atoms with Crippen molar-refractivity contribution in [2.45, 2.75) is 18.7 Å². The minimum absolute atomic E-state index is 0.237. The molecule has 2 aromatic rings. The van der Waals surface area contributed by atoms with Crippen LogP contribution in [0.2, 0.25) is 0 Å². The highest BCUT2D eigenvalue weighted by Crippen LogP contribution is 2.36. The van der Waals surface area contributed by atoms with E-state index in [0.717, 1.165) is 11.1 Å². The van der Waals surface area contributed by atoms with Gasteiger partial charge in [0.05, 0.1) is 6.61 Å². The van der Waals surface area contributed by atoms with Crippen molar-refractivity contribution in [1.82, 2.24) is 0 Å². The zero-order chi connectivity index (χ0) is 14.8. The van der Waals surface area contributed by atoms with Crippen molar-refractivity contribution >= 4 is 0 Å². The summed E-state index contributed by atoms with van der Waals surface area (Å²) in [5, 5.41) is 0. The third kappa shape index (κ3) is 2.58. The zero-order valence-electron chi connectivity index (χ0n) is 11.9. The summed E-state index contributed by atoms with van der Waals surface area (Å²) < 4.78 is 23.2. The van der Waals surface area contributed by atoms with E-state index in [0.29, 0.717) is 12.4 Å². The Bertz CT molecular complexity index is 616. The molecule has 4 nitrogen and oxygen atoms in total. The summed E-state index contributed by atoms with van der Waals surface area (Å²) in [5.74, 6) is 0.673. The van der Waals surface area contributed by atoms with Crippen LogP contribution in [0.1, 0.15) is 23.7 Å². The number of benzene rings is 2. The lowest BCUT2D eigenvalue weighted by atomic mass is 10.2. The largest absolute Gasteiger partial charge is 0.465 e. The fourth-order valence-electron chi connectivity index (χ4n) is 2.55. The first kappa shape index (κ1) is 13.4. The molecule has 0 amide bonds. The van der Waals surface area contributed by atoms with E-state index in [-0.39, 0.29) is 6.10 Å². The molecule has 2 aliphatic rings. The Morgan fingerprint density at radius 3 is 2.09 bits per heavy atom. The van der Waals surface area contributed by atoms with Crippen LogP contribution in [0.15, 0.2) is 72.7 Å². The molecule has 0 spiro atoms. The Balaban J connectivity index is 1.49. The first-order valence-electron chi connectivity index (χ1n) is 7.29. The van der Waals surface area contributed by atoms with Gasteiger partial charge in [-0.1, -0.05) is 60.7 Å². The van der Waals surface area contributed by atoms with E-state index < -0.39 is 12.6 Å². The Labute approximate surface area is 128 Å². The zero-order valence-corrected chi connectivity index (χ0v) is 11.9. The third-order valence-electron chi connectivity index (χ3n) is 3.70. The van der Waals surface area contributed by atoms with E-state index in [4.69, 9.17) is 18.9 Å². The second-order valence-electron chi connectivity index (χ2n) is 5.22. The molecule has 112 valence electrons. The van der Waals surface area contributed by atoms with Crippen molar-refractivity contribution in [3.8, 4) is 0 Å². The van der Waals surface area contributed by atoms with Crippen LogP contribution in [0, 0.1) is 0 Å². The smallest absolute Gasteiger partial charge is 0.226 e. The molecule has 0 radical (unpaired) electrons. The molecule has 3 atom stereocenters. The molecular weight excluding hydrogens is 280 g/mol. The fraction of sp³-hybridized carbons (Fsp3) is 0.222. The van der Waals surface area contributed by atoms with Gasteiger partial charge in [-0.25, -0.2) is 0 Å². The van der Waals surface area contributed by atoms with Crippen molar-refractivity contribution in [3.63, 3.8) is 0 Å². The van der Waals surface area contributed by atoms with E-state index in [1.807, 2.05) is 60.7 Å². The van der Waals surface area contributed by atoms with Crippen molar-refractivity contribution in [3.05, 3.63) is 83.8 Å². The molecule has 2 aliphatic heterocycles. The molecule has 0 aliphatic carbocycles. The molecule has 0 saturated carbocycles. The average Bonchev–Trinajstić information content (AvgIpc) is 2.62. The van der Waals surface area contributed by atoms with Crippen LogP contribution in [-0.4, -0.2) is 12.7 Å². The van der Waals surface area contributed by atoms with Crippen molar-refractivity contribution in [2.24, 2.45) is 0 Å². The minimum atomic E-state index is -0.421. The maximum absolute atomic E-state index is 5.92. The van der Waals surface area contributed by atoms with Crippen LogP contribution >= 0.6 is 0 Å². The predicted molar refractivity (Wildman–Crippen MR) is 79.4 cm³/mol. The lowest BCUT2D eigenvalue weighted by molar-refractivity contribution is -0.252. The van der Waals surface area contributed by atoms with Crippen LogP contribution in [0.3, 0.4) is 0 Å². The van der Waals surface area contributed by atoms with E-state index in [1.165, 1.54) is 0 Å². The summed E-state index contributed by atoms with van der Waals surface area (Å²) in [6, 6.07) is 19.7. The van der Waals surface area contributed by atoms with Crippen molar-refractivity contribution in [2.75, 3.05) is 6.61 Å². The van der Waals surface area contributed by atoms with Gasteiger partial charge in [0.1, 0.15) is 12.4 Å². The molecule has 4 rings (SSSR count). The lowest BCUT2D eigenvalue weighted by Gasteiger charge is -2.36. The Morgan fingerprint density at radius 2 is 1.41 bits per heavy atom. The molecule has 2 heterocycles. The Morgan fingerprint density at radius 1 is 0.773 bits per heavy atom. The van der Waals surface area contributed by atoms with Gasteiger partial charge < -0.3 is 18.9 Å². The van der Waals surface area contributed by atoms with Crippen LogP contribution in [0.5, 0.6) is 0 Å². The minimum Gasteiger partial charge on any atom is -0.465 e. The maximum Gasteiger partial charge on any atom is 0.226 e. The highest BCUT2D eigenvalue weighted by molar-refractivity contribution is 5.20. The van der Waals surface area contributed by atoms with Gasteiger partial charge in [0, 0.05) is 11.1 Å². The standard InChI is InChI=1S/C18H16O4/c1-3-7-13(8-4-1)17-19-11-16-15(21-17)12-20-18(22-16)14-9-5-2-6-10-14/h1-11,15,17-18H,12H2. The van der Waals surface area contributed by atoms with Gasteiger partial charge in [-0.2, -0.15) is 0 Å². The fourth-order valence-corrected chi connectivity index (χ4v) is 2.55. The summed E-state index contributed by atoms with van der Waals surface area (Å²) in [4.78, 5) is 0. The molecule has 22 heavy (non-hydrogen) atoms. The first-order valence-corrected chi connectivity index (χ1v) is 7.29. The summed E-state index contributed by atoms with van der Waals surface area (Å²) in [7, 11) is 0. The van der Waals surface area contributed by atoms with Gasteiger partial charge >= 0.3 is 0 Å². The first-order chi connectivity index (χ1) is 10.9. The number of rotatable bonds is 2. The molecule has 0 bridgehead atoms. The molecule has 4 heteroatoms. The van der Waals surface area contributed by atoms with Crippen molar-refractivity contribution < 1.29 is 18.9 Å². The third-order valence-corrected chi connectivity index (χ3v) is 3.70. The quantitative estimate of drug-likeness (QED) is 0.847. The van der Waals surface area contributed by atoms with Gasteiger partial charge in [0.15, 0.2) is 5.76 Å². The SMILES string of the molecule is C1=C2OC(c3ccccc3)OCC2OC(c2ccccc2)O1. The summed E-state index contributed by atoms with van der Waals surface area (Å²) in [6.07, 6.45) is 0.572. The van der Waals surface area contributed by atoms with E-state index in [2.05, 4.69) is 0 Å². The summed E-state index contributed by atoms with van der Waals surface area (Å²) >= 11 is 0. The highest BCUT2D eigenvalue weighted by Gasteiger charge is 2.35. The molecule has 0 N–H and O–H groups in total. The summed E-state index contributed by atoms with van der Waals surface area (Å²) in [6.45, 7) is 0.443. The van der Waals surface area contributed by atoms with Gasteiger partial charge in [0.2, 0.25) is 12.6 Å². The molecule has 1 saturated heterocycles. The second-order valence-corrected chi connectivity index (χ2v) is 5.22. The predicted octanol–water partition coefficient (Wildman–Crippen LogP) is 3.69. The highest BCUT2D eigenvalue weighted by atomic mass is 16.8. The topological polar surface area (TPSA) is 36.9 Å². The monoisotopic (exact) mass is 296 g/mol. The van der Waals surface area contributed by atoms with Gasteiger partial charge in [-0.3, -0.25) is 0 Å².